The molecule has 1 aliphatic heterocycles. The molecule has 1 fully saturated rings. The minimum atomic E-state index is -4.46. The Morgan fingerprint density at radius 3 is 2.09 bits per heavy atom. The molecule has 1 saturated heterocycles. The molecule has 0 radical (unpaired) electrons. The van der Waals surface area contributed by atoms with E-state index in [2.05, 4.69) is 10.2 Å². The van der Waals surface area contributed by atoms with Crippen molar-refractivity contribution in [2.24, 2.45) is 0 Å². The van der Waals surface area contributed by atoms with E-state index in [1.54, 1.807) is 24.3 Å². The second-order valence-corrected chi connectivity index (χ2v) is 8.46. The molecule has 2 amide bonds. The lowest BCUT2D eigenvalue weighted by atomic mass is 9.98. The molecule has 3 aromatic carbocycles. The fourth-order valence-corrected chi connectivity index (χ4v) is 4.07. The van der Waals surface area contributed by atoms with Crippen LogP contribution in [0.3, 0.4) is 0 Å². The number of carbonyl (C=O) groups excluding carboxylic acids is 1. The molecule has 6 nitrogen and oxygen atoms in total. The zero-order chi connectivity index (χ0) is 25.2. The predicted molar refractivity (Wildman–Crippen MR) is 128 cm³/mol. The summed E-state index contributed by atoms with van der Waals surface area (Å²) in [7, 11) is 0. The Morgan fingerprint density at radius 1 is 0.886 bits per heavy atom. The Hall–Kier alpha value is -3.72. The van der Waals surface area contributed by atoms with Crippen LogP contribution in [0.4, 0.5) is 29.3 Å². The number of anilines is 2. The number of amides is 2. The van der Waals surface area contributed by atoms with Crippen molar-refractivity contribution < 1.29 is 27.9 Å². The van der Waals surface area contributed by atoms with Crippen molar-refractivity contribution in [1.82, 2.24) is 4.90 Å². The van der Waals surface area contributed by atoms with Gasteiger partial charge in [-0.3, -0.25) is 4.79 Å². The van der Waals surface area contributed by atoms with E-state index in [0.717, 1.165) is 17.8 Å². The monoisotopic (exact) mass is 503 g/mol. The lowest BCUT2D eigenvalue weighted by Gasteiger charge is -2.34. The Balaban J connectivity index is 1.49. The molecule has 0 spiro atoms. The maximum atomic E-state index is 13.0. The third kappa shape index (κ3) is 5.68. The normalized spacial score (nSPS) is 14.1. The molecule has 0 aromatic heterocycles. The van der Waals surface area contributed by atoms with Crippen LogP contribution in [0.5, 0.6) is 0 Å². The summed E-state index contributed by atoms with van der Waals surface area (Å²) in [4.78, 5) is 27.5. The Labute approximate surface area is 204 Å². The van der Waals surface area contributed by atoms with Gasteiger partial charge in [0.25, 0.3) is 5.91 Å². The largest absolute Gasteiger partial charge is 0.465 e. The number of nitrogens with one attached hydrogen (secondary N) is 1. The molecule has 0 aliphatic carbocycles. The summed E-state index contributed by atoms with van der Waals surface area (Å²) in [6.07, 6.45) is -5.39. The van der Waals surface area contributed by atoms with Gasteiger partial charge in [-0.2, -0.15) is 13.2 Å². The minimum Gasteiger partial charge on any atom is -0.465 e. The van der Waals surface area contributed by atoms with E-state index in [9.17, 15) is 22.8 Å². The molecule has 4 rings (SSSR count). The van der Waals surface area contributed by atoms with E-state index in [1.807, 2.05) is 12.1 Å². The highest BCUT2D eigenvalue weighted by Crippen LogP contribution is 2.33. The van der Waals surface area contributed by atoms with E-state index in [1.165, 1.54) is 23.1 Å². The third-order valence-corrected chi connectivity index (χ3v) is 6.03. The number of nitrogens with zero attached hydrogens (tertiary/aromatic N) is 2. The smallest absolute Gasteiger partial charge is 0.416 e. The van der Waals surface area contributed by atoms with Crippen LogP contribution in [0.15, 0.2) is 66.7 Å². The van der Waals surface area contributed by atoms with Crippen LogP contribution in [0, 0.1) is 0 Å². The Morgan fingerprint density at radius 2 is 1.51 bits per heavy atom. The van der Waals surface area contributed by atoms with Crippen LogP contribution in [-0.4, -0.2) is 48.2 Å². The highest BCUT2D eigenvalue weighted by atomic mass is 35.5. The molecule has 35 heavy (non-hydrogen) atoms. The van der Waals surface area contributed by atoms with Crippen molar-refractivity contribution in [3.8, 4) is 11.1 Å². The maximum Gasteiger partial charge on any atom is 0.416 e. The van der Waals surface area contributed by atoms with Crippen molar-refractivity contribution in [3.63, 3.8) is 0 Å². The average Bonchev–Trinajstić information content (AvgIpc) is 2.84. The summed E-state index contributed by atoms with van der Waals surface area (Å²) in [5.74, 6) is -0.431. The first-order valence-electron chi connectivity index (χ1n) is 10.7. The second-order valence-electron chi connectivity index (χ2n) is 8.02. The molecule has 1 aliphatic rings. The average molecular weight is 504 g/mol. The first kappa shape index (κ1) is 24.4. The molecule has 0 unspecified atom stereocenters. The van der Waals surface area contributed by atoms with Gasteiger partial charge in [0.1, 0.15) is 0 Å². The molecule has 3 aromatic rings. The van der Waals surface area contributed by atoms with Crippen molar-refractivity contribution in [2.45, 2.75) is 6.18 Å². The number of alkyl halides is 3. The number of hydrogen-bond acceptors (Lipinski definition) is 3. The maximum absolute atomic E-state index is 13.0. The summed E-state index contributed by atoms with van der Waals surface area (Å²) in [6, 6.07) is 16.3. The summed E-state index contributed by atoms with van der Waals surface area (Å²) >= 11 is 6.10. The zero-order valence-electron chi connectivity index (χ0n) is 18.3. The van der Waals surface area contributed by atoms with Crippen molar-refractivity contribution in [2.75, 3.05) is 36.4 Å². The van der Waals surface area contributed by atoms with Crippen LogP contribution in [0.2, 0.25) is 5.02 Å². The van der Waals surface area contributed by atoms with Gasteiger partial charge in [-0.05, 0) is 65.7 Å². The first-order valence-corrected chi connectivity index (χ1v) is 11.1. The standard InChI is InChI=1S/C25H21ClF3N3O3/c26-18-5-10-21(22(15-18)16-1-3-17(4-2-16)25(27,28)29)23(33)30-19-6-8-20(9-7-19)31-11-13-32(14-12-31)24(34)35/h1-10,15H,11-14H2,(H,30,33)(H,34,35). The van der Waals surface area contributed by atoms with E-state index in [-0.39, 0.29) is 5.56 Å². The number of carbonyl (C=O) groups is 2. The van der Waals surface area contributed by atoms with Crippen LogP contribution >= 0.6 is 11.6 Å². The fourth-order valence-electron chi connectivity index (χ4n) is 3.90. The van der Waals surface area contributed by atoms with Gasteiger partial charge in [0.2, 0.25) is 0 Å². The highest BCUT2D eigenvalue weighted by molar-refractivity contribution is 6.31. The van der Waals surface area contributed by atoms with E-state index in [4.69, 9.17) is 16.7 Å². The molecule has 182 valence electrons. The molecule has 10 heteroatoms. The van der Waals surface area contributed by atoms with E-state index >= 15 is 0 Å². The summed E-state index contributed by atoms with van der Waals surface area (Å²) in [5, 5.41) is 12.2. The van der Waals surface area contributed by atoms with Crippen molar-refractivity contribution >= 4 is 35.0 Å². The van der Waals surface area contributed by atoms with Crippen LogP contribution in [0.1, 0.15) is 15.9 Å². The number of hydrogen-bond donors (Lipinski definition) is 2. The molecule has 1 heterocycles. The number of benzene rings is 3. The molecule has 0 bridgehead atoms. The summed E-state index contributed by atoms with van der Waals surface area (Å²) in [6.45, 7) is 1.97. The van der Waals surface area contributed by atoms with Gasteiger partial charge in [0.15, 0.2) is 0 Å². The van der Waals surface area contributed by atoms with E-state index in [0.29, 0.717) is 48.0 Å². The number of piperazine rings is 1. The zero-order valence-corrected chi connectivity index (χ0v) is 19.1. The summed E-state index contributed by atoms with van der Waals surface area (Å²) < 4.78 is 38.8. The molecule has 0 saturated carbocycles. The topological polar surface area (TPSA) is 72.9 Å². The lowest BCUT2D eigenvalue weighted by Crippen LogP contribution is -2.48. The van der Waals surface area contributed by atoms with Crippen LogP contribution in [0.25, 0.3) is 11.1 Å². The van der Waals surface area contributed by atoms with Gasteiger partial charge in [0, 0.05) is 48.1 Å². The minimum absolute atomic E-state index is 0.267. The van der Waals surface area contributed by atoms with Crippen LogP contribution < -0.4 is 10.2 Å². The van der Waals surface area contributed by atoms with Gasteiger partial charge < -0.3 is 20.2 Å². The highest BCUT2D eigenvalue weighted by Gasteiger charge is 2.30. The molecular formula is C25H21ClF3N3O3. The van der Waals surface area contributed by atoms with Gasteiger partial charge >= 0.3 is 12.3 Å². The molecule has 2 N–H and O–H groups in total. The summed E-state index contributed by atoms with van der Waals surface area (Å²) in [5.41, 5.74) is 1.78. The fraction of sp³-hybridized carbons (Fsp3) is 0.200. The first-order chi connectivity index (χ1) is 16.6. The predicted octanol–water partition coefficient (Wildman–Crippen LogP) is 6.08. The van der Waals surface area contributed by atoms with Crippen molar-refractivity contribution in [3.05, 3.63) is 82.9 Å². The van der Waals surface area contributed by atoms with Gasteiger partial charge in [-0.25, -0.2) is 4.79 Å². The van der Waals surface area contributed by atoms with Gasteiger partial charge in [-0.1, -0.05) is 23.7 Å². The van der Waals surface area contributed by atoms with E-state index < -0.39 is 23.7 Å². The third-order valence-electron chi connectivity index (χ3n) is 5.79. The number of halogens is 4. The number of carboxylic acid groups (broad SMARTS) is 1. The van der Waals surface area contributed by atoms with Gasteiger partial charge in [-0.15, -0.1) is 0 Å². The quantitative estimate of drug-likeness (QED) is 0.452. The number of rotatable bonds is 4. The lowest BCUT2D eigenvalue weighted by molar-refractivity contribution is -0.137. The Bertz CT molecular complexity index is 1220. The second kappa shape index (κ2) is 9.87. The SMILES string of the molecule is O=C(Nc1ccc(N2CCN(C(=O)O)CC2)cc1)c1ccc(Cl)cc1-c1ccc(C(F)(F)F)cc1. The molecule has 0 atom stereocenters. The molecular weight excluding hydrogens is 483 g/mol. The van der Waals surface area contributed by atoms with Gasteiger partial charge in [0.05, 0.1) is 5.56 Å². The van der Waals surface area contributed by atoms with Crippen molar-refractivity contribution in [1.29, 1.82) is 0 Å². The van der Waals surface area contributed by atoms with Crippen LogP contribution in [-0.2, 0) is 6.18 Å². The Kier molecular flexibility index (Phi) is 6.88.